The summed E-state index contributed by atoms with van der Waals surface area (Å²) in [6.07, 6.45) is 14.4. The van der Waals surface area contributed by atoms with Gasteiger partial charge in [0.1, 0.15) is 12.4 Å². The zero-order valence-corrected chi connectivity index (χ0v) is 9.08. The van der Waals surface area contributed by atoms with Crippen LogP contribution in [0, 0.1) is 0 Å². The maximum absolute atomic E-state index is 4.02. The molecule has 4 heteroatoms. The van der Waals surface area contributed by atoms with Gasteiger partial charge >= 0.3 is 0 Å². The molecule has 0 aliphatic rings. The van der Waals surface area contributed by atoms with E-state index in [4.69, 9.17) is 0 Å². The Balaban J connectivity index is 1.67. The van der Waals surface area contributed by atoms with Gasteiger partial charge < -0.3 is 4.57 Å². The van der Waals surface area contributed by atoms with Gasteiger partial charge in [0, 0.05) is 18.9 Å². The molecule has 0 bridgehead atoms. The highest BCUT2D eigenvalue weighted by molar-refractivity contribution is 4.73. The van der Waals surface area contributed by atoms with Crippen molar-refractivity contribution < 1.29 is 4.57 Å². The molecule has 0 N–H and O–H groups in total. The summed E-state index contributed by atoms with van der Waals surface area (Å²) in [4.78, 5) is 4.02. The summed E-state index contributed by atoms with van der Waals surface area (Å²) in [5.74, 6) is 0. The molecule has 15 heavy (non-hydrogen) atoms. The highest BCUT2D eigenvalue weighted by Crippen LogP contribution is 1.97. The number of hydrogen-bond acceptors (Lipinski definition) is 1. The second-order valence-electron chi connectivity index (χ2n) is 3.82. The molecule has 0 fully saturated rings. The lowest BCUT2D eigenvalue weighted by Crippen LogP contribution is -2.23. The summed E-state index contributed by atoms with van der Waals surface area (Å²) in [5.41, 5.74) is 0. The van der Waals surface area contributed by atoms with Crippen LogP contribution in [0.15, 0.2) is 37.4 Å². The molecule has 0 atom stereocenters. The van der Waals surface area contributed by atoms with E-state index >= 15 is 0 Å². The van der Waals surface area contributed by atoms with Gasteiger partial charge in [0.25, 0.3) is 0 Å². The Kier molecular flexibility index (Phi) is 3.17. The fourth-order valence-corrected chi connectivity index (χ4v) is 1.64. The van der Waals surface area contributed by atoms with Crippen molar-refractivity contribution in [2.75, 3.05) is 0 Å². The molecule has 0 spiro atoms. The fraction of sp³-hybridized carbons (Fsp3) is 0.455. The molecular formula is C11H17N4+. The summed E-state index contributed by atoms with van der Waals surface area (Å²) in [6, 6.07) is 0. The van der Waals surface area contributed by atoms with Gasteiger partial charge in [0.05, 0.1) is 19.9 Å². The van der Waals surface area contributed by atoms with E-state index in [1.807, 2.05) is 25.8 Å². The minimum atomic E-state index is 1.06. The largest absolute Gasteiger partial charge is 0.337 e. The second kappa shape index (κ2) is 4.77. The maximum Gasteiger partial charge on any atom is 0.243 e. The van der Waals surface area contributed by atoms with Crippen molar-refractivity contribution in [1.29, 1.82) is 0 Å². The van der Waals surface area contributed by atoms with Crippen LogP contribution in [0.5, 0.6) is 0 Å². The second-order valence-corrected chi connectivity index (χ2v) is 3.82. The summed E-state index contributed by atoms with van der Waals surface area (Å²) in [6.45, 7) is 2.16. The van der Waals surface area contributed by atoms with Crippen LogP contribution >= 0.6 is 0 Å². The predicted molar refractivity (Wildman–Crippen MR) is 57.1 cm³/mol. The number of hydrogen-bond donors (Lipinski definition) is 0. The monoisotopic (exact) mass is 205 g/mol. The zero-order valence-electron chi connectivity index (χ0n) is 9.08. The van der Waals surface area contributed by atoms with Crippen molar-refractivity contribution in [3.63, 3.8) is 0 Å². The minimum Gasteiger partial charge on any atom is -0.337 e. The molecule has 0 saturated carbocycles. The van der Waals surface area contributed by atoms with Crippen LogP contribution < -0.4 is 4.57 Å². The Morgan fingerprint density at radius 3 is 2.53 bits per heavy atom. The summed E-state index contributed by atoms with van der Waals surface area (Å²) < 4.78 is 6.40. The molecule has 0 radical (unpaired) electrons. The van der Waals surface area contributed by atoms with Crippen molar-refractivity contribution in [2.45, 2.75) is 25.9 Å². The van der Waals surface area contributed by atoms with Gasteiger partial charge in [-0.2, -0.15) is 0 Å². The molecule has 0 saturated heterocycles. The first-order valence-electron chi connectivity index (χ1n) is 5.31. The van der Waals surface area contributed by atoms with Crippen LogP contribution in [0.3, 0.4) is 0 Å². The van der Waals surface area contributed by atoms with E-state index in [1.165, 1.54) is 12.8 Å². The lowest BCUT2D eigenvalue weighted by Gasteiger charge is -2.00. The van der Waals surface area contributed by atoms with Crippen molar-refractivity contribution >= 4 is 0 Å². The highest BCUT2D eigenvalue weighted by atomic mass is 15.1. The van der Waals surface area contributed by atoms with Crippen LogP contribution in [0.2, 0.25) is 0 Å². The van der Waals surface area contributed by atoms with Crippen molar-refractivity contribution in [3.8, 4) is 0 Å². The fourth-order valence-electron chi connectivity index (χ4n) is 1.64. The molecule has 0 aliphatic carbocycles. The van der Waals surface area contributed by atoms with Crippen LogP contribution in [-0.2, 0) is 20.1 Å². The number of aryl methyl sites for hydroxylation is 3. The van der Waals surface area contributed by atoms with Crippen LogP contribution in [0.1, 0.15) is 12.8 Å². The number of nitrogens with zero attached hydrogens (tertiary/aromatic N) is 4. The Morgan fingerprint density at radius 1 is 1.13 bits per heavy atom. The normalized spacial score (nSPS) is 10.7. The summed E-state index contributed by atoms with van der Waals surface area (Å²) >= 11 is 0. The van der Waals surface area contributed by atoms with Gasteiger partial charge in [0.15, 0.2) is 0 Å². The standard InChI is InChI=1S/C11H17N4/c1-13-8-9-15(11-13)6-3-2-5-14-7-4-12-10-14/h4,7-11H,2-3,5-6H2,1H3/q+1. The molecule has 2 heterocycles. The Hall–Kier alpha value is -1.58. The lowest BCUT2D eigenvalue weighted by atomic mass is 10.3. The molecular weight excluding hydrogens is 188 g/mol. The maximum atomic E-state index is 4.02. The third-order valence-corrected chi connectivity index (χ3v) is 2.47. The van der Waals surface area contributed by atoms with Gasteiger partial charge in [-0.3, -0.25) is 0 Å². The smallest absolute Gasteiger partial charge is 0.243 e. The molecule has 2 aromatic heterocycles. The van der Waals surface area contributed by atoms with E-state index in [2.05, 4.69) is 37.4 Å². The molecule has 2 rings (SSSR count). The third-order valence-electron chi connectivity index (χ3n) is 2.47. The molecule has 0 aromatic carbocycles. The van der Waals surface area contributed by atoms with Gasteiger partial charge in [-0.15, -0.1) is 0 Å². The number of rotatable bonds is 5. The number of imidazole rings is 2. The first kappa shape index (κ1) is 9.96. The van der Waals surface area contributed by atoms with Gasteiger partial charge in [0.2, 0.25) is 6.33 Å². The van der Waals surface area contributed by atoms with E-state index in [0.717, 1.165) is 13.1 Å². The predicted octanol–water partition coefficient (Wildman–Crippen LogP) is 0.989. The average Bonchev–Trinajstić information content (AvgIpc) is 2.84. The topological polar surface area (TPSA) is 26.6 Å². The Labute approximate surface area is 89.8 Å². The van der Waals surface area contributed by atoms with E-state index in [0.29, 0.717) is 0 Å². The van der Waals surface area contributed by atoms with Crippen LogP contribution in [0.4, 0.5) is 0 Å². The minimum absolute atomic E-state index is 1.06. The molecule has 80 valence electrons. The average molecular weight is 205 g/mol. The van der Waals surface area contributed by atoms with E-state index in [1.54, 1.807) is 0 Å². The Morgan fingerprint density at radius 2 is 1.93 bits per heavy atom. The van der Waals surface area contributed by atoms with Crippen molar-refractivity contribution in [3.05, 3.63) is 37.4 Å². The van der Waals surface area contributed by atoms with Gasteiger partial charge in [-0.1, -0.05) is 0 Å². The van der Waals surface area contributed by atoms with Gasteiger partial charge in [-0.05, 0) is 12.8 Å². The first-order chi connectivity index (χ1) is 7.34. The first-order valence-corrected chi connectivity index (χ1v) is 5.31. The SMILES string of the molecule is C[n+]1ccn(CCCCn2ccnc2)c1. The lowest BCUT2D eigenvalue weighted by molar-refractivity contribution is -0.671. The van der Waals surface area contributed by atoms with Gasteiger partial charge in [-0.25, -0.2) is 14.1 Å². The highest BCUT2D eigenvalue weighted by Gasteiger charge is 1.99. The molecule has 0 aliphatic heterocycles. The van der Waals surface area contributed by atoms with E-state index in [-0.39, 0.29) is 0 Å². The van der Waals surface area contributed by atoms with Crippen molar-refractivity contribution in [1.82, 2.24) is 14.1 Å². The molecule has 2 aromatic rings. The molecule has 0 unspecified atom stereocenters. The van der Waals surface area contributed by atoms with Crippen LogP contribution in [-0.4, -0.2) is 14.1 Å². The number of aromatic nitrogens is 4. The van der Waals surface area contributed by atoms with Crippen LogP contribution in [0.25, 0.3) is 0 Å². The van der Waals surface area contributed by atoms with E-state index < -0.39 is 0 Å². The quantitative estimate of drug-likeness (QED) is 0.528. The molecule has 0 amide bonds. The number of unbranched alkanes of at least 4 members (excludes halogenated alkanes) is 1. The summed E-state index contributed by atoms with van der Waals surface area (Å²) in [7, 11) is 2.04. The molecule has 4 nitrogen and oxygen atoms in total. The van der Waals surface area contributed by atoms with E-state index in [9.17, 15) is 0 Å². The Bertz CT molecular complexity index is 388. The zero-order chi connectivity index (χ0) is 10.5. The van der Waals surface area contributed by atoms with Crippen molar-refractivity contribution in [2.24, 2.45) is 7.05 Å². The summed E-state index contributed by atoms with van der Waals surface area (Å²) in [5, 5.41) is 0. The third kappa shape index (κ3) is 2.94.